The summed E-state index contributed by atoms with van der Waals surface area (Å²) in [6.07, 6.45) is 2.11. The molecule has 6 nitrogen and oxygen atoms in total. The Morgan fingerprint density at radius 2 is 1.79 bits per heavy atom. The van der Waals surface area contributed by atoms with Gasteiger partial charge in [0.15, 0.2) is 5.65 Å². The fourth-order valence-corrected chi connectivity index (χ4v) is 4.60. The molecule has 0 saturated carbocycles. The maximum absolute atomic E-state index is 5.98. The molecule has 4 aromatic rings. The molecule has 0 aliphatic carbocycles. The summed E-state index contributed by atoms with van der Waals surface area (Å²) >= 11 is 1.77. The molecule has 0 aliphatic heterocycles. The minimum atomic E-state index is 0.302. The SMILES string of the molecule is Nc1cc(SC(CCCNCc2ccccc2)c2ccccc2)c2nn[nH]c2n1. The molecule has 4 N–H and O–H groups in total. The Hall–Kier alpha value is -2.90. The average molecular weight is 405 g/mol. The van der Waals surface area contributed by atoms with Crippen LogP contribution in [-0.2, 0) is 6.54 Å². The van der Waals surface area contributed by atoms with Gasteiger partial charge in [-0.2, -0.15) is 0 Å². The first kappa shape index (κ1) is 19.4. The Balaban J connectivity index is 1.42. The second-order valence-electron chi connectivity index (χ2n) is 6.88. The van der Waals surface area contributed by atoms with Crippen molar-refractivity contribution in [3.63, 3.8) is 0 Å². The van der Waals surface area contributed by atoms with Crippen molar-refractivity contribution in [2.24, 2.45) is 0 Å². The Kier molecular flexibility index (Phi) is 6.38. The molecule has 29 heavy (non-hydrogen) atoms. The quantitative estimate of drug-likeness (QED) is 0.284. The number of aromatic nitrogens is 4. The minimum Gasteiger partial charge on any atom is -0.384 e. The fourth-order valence-electron chi connectivity index (χ4n) is 3.28. The molecule has 0 bridgehead atoms. The number of H-pyrrole nitrogens is 1. The number of hydrogen-bond acceptors (Lipinski definition) is 6. The number of nitrogens with two attached hydrogens (primary N) is 1. The van der Waals surface area contributed by atoms with Crippen LogP contribution in [0.25, 0.3) is 11.2 Å². The van der Waals surface area contributed by atoms with Crippen molar-refractivity contribution in [1.82, 2.24) is 25.7 Å². The summed E-state index contributed by atoms with van der Waals surface area (Å²) in [6.45, 7) is 1.86. The molecule has 0 spiro atoms. The summed E-state index contributed by atoms with van der Waals surface area (Å²) in [6, 6.07) is 23.0. The number of pyridine rings is 1. The molecule has 1 unspecified atom stereocenters. The molecule has 0 aliphatic rings. The van der Waals surface area contributed by atoms with E-state index < -0.39 is 0 Å². The van der Waals surface area contributed by atoms with Gasteiger partial charge in [0.25, 0.3) is 0 Å². The van der Waals surface area contributed by atoms with Gasteiger partial charge in [-0.05, 0) is 36.6 Å². The van der Waals surface area contributed by atoms with Gasteiger partial charge in [0.1, 0.15) is 11.3 Å². The molecule has 148 valence electrons. The van der Waals surface area contributed by atoms with Crippen LogP contribution in [0.3, 0.4) is 0 Å². The molecule has 1 atom stereocenters. The van der Waals surface area contributed by atoms with Gasteiger partial charge < -0.3 is 11.1 Å². The van der Waals surface area contributed by atoms with E-state index in [2.05, 4.69) is 74.2 Å². The first-order valence-electron chi connectivity index (χ1n) is 9.73. The zero-order valence-corrected chi connectivity index (χ0v) is 16.9. The highest BCUT2D eigenvalue weighted by Crippen LogP contribution is 2.41. The normalized spacial score (nSPS) is 12.3. The number of aromatic amines is 1. The summed E-state index contributed by atoms with van der Waals surface area (Å²) < 4.78 is 0. The van der Waals surface area contributed by atoms with Crippen molar-refractivity contribution >= 4 is 28.7 Å². The predicted octanol–water partition coefficient (Wildman–Crippen LogP) is 4.34. The number of fused-ring (bicyclic) bond motifs is 1. The van der Waals surface area contributed by atoms with E-state index in [1.807, 2.05) is 18.2 Å². The monoisotopic (exact) mass is 404 g/mol. The fraction of sp³-hybridized carbons (Fsp3) is 0.227. The first-order chi connectivity index (χ1) is 14.3. The van der Waals surface area contributed by atoms with Crippen molar-refractivity contribution in [1.29, 1.82) is 0 Å². The molecule has 0 amide bonds. The van der Waals surface area contributed by atoms with Crippen LogP contribution in [0.15, 0.2) is 71.6 Å². The number of nitrogens with zero attached hydrogens (tertiary/aromatic N) is 3. The lowest BCUT2D eigenvalue weighted by molar-refractivity contribution is 0.618. The van der Waals surface area contributed by atoms with E-state index in [1.165, 1.54) is 11.1 Å². The number of hydrogen-bond donors (Lipinski definition) is 3. The molecule has 0 radical (unpaired) electrons. The second-order valence-corrected chi connectivity index (χ2v) is 8.12. The maximum Gasteiger partial charge on any atom is 0.179 e. The number of benzene rings is 2. The number of nitrogens with one attached hydrogen (secondary N) is 2. The van der Waals surface area contributed by atoms with E-state index in [0.717, 1.165) is 36.3 Å². The minimum absolute atomic E-state index is 0.302. The van der Waals surface area contributed by atoms with E-state index in [4.69, 9.17) is 5.73 Å². The van der Waals surface area contributed by atoms with E-state index in [0.29, 0.717) is 16.7 Å². The molecule has 2 aromatic heterocycles. The summed E-state index contributed by atoms with van der Waals surface area (Å²) in [7, 11) is 0. The second kappa shape index (κ2) is 9.54. The van der Waals surface area contributed by atoms with Crippen LogP contribution < -0.4 is 11.1 Å². The van der Waals surface area contributed by atoms with Gasteiger partial charge in [0.05, 0.1) is 0 Å². The van der Waals surface area contributed by atoms with Gasteiger partial charge in [-0.15, -0.1) is 16.9 Å². The Morgan fingerprint density at radius 3 is 2.59 bits per heavy atom. The summed E-state index contributed by atoms with van der Waals surface area (Å²) in [5.74, 6) is 0.474. The van der Waals surface area contributed by atoms with Gasteiger partial charge in [-0.3, -0.25) is 0 Å². The van der Waals surface area contributed by atoms with Crippen LogP contribution in [0.5, 0.6) is 0 Å². The van der Waals surface area contributed by atoms with Gasteiger partial charge in [-0.1, -0.05) is 65.9 Å². The zero-order chi connectivity index (χ0) is 19.9. The molecule has 4 rings (SSSR count). The lowest BCUT2D eigenvalue weighted by Crippen LogP contribution is -2.15. The Bertz CT molecular complexity index is 1040. The zero-order valence-electron chi connectivity index (χ0n) is 16.1. The van der Waals surface area contributed by atoms with E-state index in [-0.39, 0.29) is 0 Å². The molecular weight excluding hydrogens is 380 g/mol. The number of rotatable bonds is 9. The van der Waals surface area contributed by atoms with Crippen molar-refractivity contribution in [3.8, 4) is 0 Å². The molecule has 0 saturated heterocycles. The van der Waals surface area contributed by atoms with Crippen molar-refractivity contribution in [3.05, 3.63) is 77.9 Å². The van der Waals surface area contributed by atoms with Gasteiger partial charge in [-0.25, -0.2) is 10.1 Å². The predicted molar refractivity (Wildman–Crippen MR) is 119 cm³/mol. The third kappa shape index (κ3) is 5.13. The standard InChI is InChI=1S/C22H24N6S/c23-20-14-19(21-22(25-20)27-28-26-21)29-18(17-10-5-2-6-11-17)12-7-13-24-15-16-8-3-1-4-9-16/h1-6,8-11,14,18,24H,7,12-13,15H2,(H3,23,25,26,27,28). The highest BCUT2D eigenvalue weighted by molar-refractivity contribution is 7.99. The van der Waals surface area contributed by atoms with Crippen LogP contribution in [0, 0.1) is 0 Å². The highest BCUT2D eigenvalue weighted by atomic mass is 32.2. The van der Waals surface area contributed by atoms with Crippen molar-refractivity contribution < 1.29 is 0 Å². The van der Waals surface area contributed by atoms with Gasteiger partial charge in [0, 0.05) is 16.7 Å². The average Bonchev–Trinajstić information content (AvgIpc) is 3.22. The van der Waals surface area contributed by atoms with Gasteiger partial charge in [0.2, 0.25) is 0 Å². The van der Waals surface area contributed by atoms with E-state index in [9.17, 15) is 0 Å². The third-order valence-electron chi connectivity index (χ3n) is 4.72. The van der Waals surface area contributed by atoms with Crippen LogP contribution in [0.4, 0.5) is 5.82 Å². The maximum atomic E-state index is 5.98. The van der Waals surface area contributed by atoms with Crippen LogP contribution in [0.2, 0.25) is 0 Å². The number of nitrogen functional groups attached to an aromatic ring is 1. The summed E-state index contributed by atoms with van der Waals surface area (Å²) in [5, 5.41) is 14.7. The van der Waals surface area contributed by atoms with E-state index in [1.54, 1.807) is 11.8 Å². The molecule has 7 heteroatoms. The summed E-state index contributed by atoms with van der Waals surface area (Å²) in [5.41, 5.74) is 9.99. The smallest absolute Gasteiger partial charge is 0.179 e. The van der Waals surface area contributed by atoms with Gasteiger partial charge >= 0.3 is 0 Å². The Labute approximate surface area is 174 Å². The topological polar surface area (TPSA) is 92.5 Å². The summed E-state index contributed by atoms with van der Waals surface area (Å²) in [4.78, 5) is 5.27. The molecule has 0 fully saturated rings. The van der Waals surface area contributed by atoms with Crippen molar-refractivity contribution in [2.75, 3.05) is 12.3 Å². The lowest BCUT2D eigenvalue weighted by Gasteiger charge is -2.18. The molecular formula is C22H24N6S. The van der Waals surface area contributed by atoms with Crippen LogP contribution in [-0.4, -0.2) is 26.9 Å². The van der Waals surface area contributed by atoms with Crippen molar-refractivity contribution in [2.45, 2.75) is 29.5 Å². The highest BCUT2D eigenvalue weighted by Gasteiger charge is 2.17. The molecule has 2 heterocycles. The van der Waals surface area contributed by atoms with Crippen LogP contribution >= 0.6 is 11.8 Å². The van der Waals surface area contributed by atoms with Crippen LogP contribution in [0.1, 0.15) is 29.2 Å². The largest absolute Gasteiger partial charge is 0.384 e. The lowest BCUT2D eigenvalue weighted by atomic mass is 10.1. The number of thioether (sulfide) groups is 1. The third-order valence-corrected chi connectivity index (χ3v) is 6.07. The Morgan fingerprint density at radius 1 is 1.03 bits per heavy atom. The van der Waals surface area contributed by atoms with E-state index >= 15 is 0 Å². The molecule has 2 aromatic carbocycles. The number of anilines is 1. The first-order valence-corrected chi connectivity index (χ1v) is 10.6.